The normalized spacial score (nSPS) is 16.6. The van der Waals surface area contributed by atoms with Gasteiger partial charge in [0.1, 0.15) is 11.3 Å². The highest BCUT2D eigenvalue weighted by Crippen LogP contribution is 2.30. The van der Waals surface area contributed by atoms with Gasteiger partial charge in [0.2, 0.25) is 0 Å². The number of ether oxygens (including phenoxy) is 1. The van der Waals surface area contributed by atoms with Gasteiger partial charge in [-0.05, 0) is 25.8 Å². The van der Waals surface area contributed by atoms with Crippen LogP contribution in [0.25, 0.3) is 0 Å². The predicted molar refractivity (Wildman–Crippen MR) is 89.2 cm³/mol. The summed E-state index contributed by atoms with van der Waals surface area (Å²) >= 11 is 0. The summed E-state index contributed by atoms with van der Waals surface area (Å²) < 4.78 is 5.60. The van der Waals surface area contributed by atoms with E-state index in [0.29, 0.717) is 19.4 Å². The molecular formula is C18H26N2O3. The van der Waals surface area contributed by atoms with Crippen molar-refractivity contribution in [3.63, 3.8) is 0 Å². The Kier molecular flexibility index (Phi) is 5.64. The number of rotatable bonds is 8. The van der Waals surface area contributed by atoms with Crippen molar-refractivity contribution >= 4 is 11.9 Å². The van der Waals surface area contributed by atoms with Crippen LogP contribution in [0.3, 0.4) is 0 Å². The SMILES string of the molecule is CCCC1(CCC)NC(=O)N(Cc2ccccc2OCC)C1=O. The number of carbonyl (C=O) groups excluding carboxylic acids is 2. The van der Waals surface area contributed by atoms with Gasteiger partial charge in [0.05, 0.1) is 13.2 Å². The first-order valence-corrected chi connectivity index (χ1v) is 8.42. The molecule has 5 heteroatoms. The van der Waals surface area contributed by atoms with E-state index < -0.39 is 5.54 Å². The number of carbonyl (C=O) groups is 2. The van der Waals surface area contributed by atoms with Gasteiger partial charge in [-0.3, -0.25) is 9.69 Å². The summed E-state index contributed by atoms with van der Waals surface area (Å²) in [7, 11) is 0. The molecule has 2 rings (SSSR count). The highest BCUT2D eigenvalue weighted by Gasteiger charge is 2.49. The van der Waals surface area contributed by atoms with Crippen LogP contribution in [0.15, 0.2) is 24.3 Å². The van der Waals surface area contributed by atoms with Crippen molar-refractivity contribution in [1.82, 2.24) is 10.2 Å². The number of hydrogen-bond donors (Lipinski definition) is 1. The van der Waals surface area contributed by atoms with Crippen molar-refractivity contribution in [2.24, 2.45) is 0 Å². The molecule has 126 valence electrons. The van der Waals surface area contributed by atoms with Crippen LogP contribution in [0.4, 0.5) is 4.79 Å². The molecule has 0 radical (unpaired) electrons. The number of benzene rings is 1. The summed E-state index contributed by atoms with van der Waals surface area (Å²) in [5.74, 6) is 0.608. The highest BCUT2D eigenvalue weighted by atomic mass is 16.5. The van der Waals surface area contributed by atoms with Crippen LogP contribution in [0.1, 0.15) is 52.0 Å². The average molecular weight is 318 g/mol. The zero-order chi connectivity index (χ0) is 16.9. The molecule has 1 aromatic carbocycles. The molecule has 0 saturated carbocycles. The third-order valence-electron chi connectivity index (χ3n) is 4.20. The van der Waals surface area contributed by atoms with Crippen molar-refractivity contribution < 1.29 is 14.3 Å². The molecule has 3 amide bonds. The monoisotopic (exact) mass is 318 g/mol. The summed E-state index contributed by atoms with van der Waals surface area (Å²) in [5.41, 5.74) is 0.114. The van der Waals surface area contributed by atoms with Gasteiger partial charge in [-0.1, -0.05) is 44.9 Å². The molecule has 0 unspecified atom stereocenters. The topological polar surface area (TPSA) is 58.6 Å². The molecule has 1 aliphatic rings. The van der Waals surface area contributed by atoms with Crippen LogP contribution in [0.5, 0.6) is 5.75 Å². The molecule has 23 heavy (non-hydrogen) atoms. The lowest BCUT2D eigenvalue weighted by molar-refractivity contribution is -0.132. The molecule has 1 saturated heterocycles. The summed E-state index contributed by atoms with van der Waals surface area (Å²) in [4.78, 5) is 26.6. The van der Waals surface area contributed by atoms with Gasteiger partial charge in [-0.2, -0.15) is 0 Å². The number of para-hydroxylation sites is 1. The third-order valence-corrected chi connectivity index (χ3v) is 4.20. The number of urea groups is 1. The van der Waals surface area contributed by atoms with E-state index >= 15 is 0 Å². The second-order valence-electron chi connectivity index (χ2n) is 5.94. The van der Waals surface area contributed by atoms with Crippen LogP contribution in [-0.4, -0.2) is 29.0 Å². The van der Waals surface area contributed by atoms with Gasteiger partial charge >= 0.3 is 6.03 Å². The Bertz CT molecular complexity index is 565. The molecular weight excluding hydrogens is 292 g/mol. The van der Waals surface area contributed by atoms with E-state index in [1.165, 1.54) is 4.90 Å². The highest BCUT2D eigenvalue weighted by molar-refractivity contribution is 6.07. The van der Waals surface area contributed by atoms with Crippen molar-refractivity contribution in [3.8, 4) is 5.75 Å². The van der Waals surface area contributed by atoms with Crippen LogP contribution in [0, 0.1) is 0 Å². The first-order chi connectivity index (χ1) is 11.1. The van der Waals surface area contributed by atoms with Gasteiger partial charge in [-0.25, -0.2) is 4.79 Å². The fourth-order valence-electron chi connectivity index (χ4n) is 3.24. The van der Waals surface area contributed by atoms with E-state index in [0.717, 1.165) is 24.2 Å². The number of nitrogens with zero attached hydrogens (tertiary/aromatic N) is 1. The number of imide groups is 1. The maximum atomic E-state index is 12.9. The molecule has 1 aromatic rings. The average Bonchev–Trinajstić information content (AvgIpc) is 2.75. The molecule has 0 aromatic heterocycles. The Morgan fingerprint density at radius 1 is 1.09 bits per heavy atom. The first-order valence-electron chi connectivity index (χ1n) is 8.42. The summed E-state index contributed by atoms with van der Waals surface area (Å²) in [5, 5.41) is 2.94. The summed E-state index contributed by atoms with van der Waals surface area (Å²) in [6.45, 7) is 6.77. The predicted octanol–water partition coefficient (Wildman–Crippen LogP) is 3.48. The third kappa shape index (κ3) is 3.49. The van der Waals surface area contributed by atoms with Crippen LogP contribution >= 0.6 is 0 Å². The number of nitrogens with one attached hydrogen (secondary N) is 1. The minimum Gasteiger partial charge on any atom is -0.494 e. The van der Waals surface area contributed by atoms with E-state index in [4.69, 9.17) is 4.74 Å². The Morgan fingerprint density at radius 2 is 1.74 bits per heavy atom. The lowest BCUT2D eigenvalue weighted by atomic mass is 9.88. The Labute approximate surface area is 138 Å². The van der Waals surface area contributed by atoms with E-state index in [2.05, 4.69) is 5.32 Å². The molecule has 1 aliphatic heterocycles. The summed E-state index contributed by atoms with van der Waals surface area (Å²) in [6, 6.07) is 7.23. The van der Waals surface area contributed by atoms with E-state index in [9.17, 15) is 9.59 Å². The lowest BCUT2D eigenvalue weighted by Crippen LogP contribution is -2.46. The van der Waals surface area contributed by atoms with Crippen LogP contribution in [0.2, 0.25) is 0 Å². The molecule has 0 bridgehead atoms. The van der Waals surface area contributed by atoms with E-state index in [1.54, 1.807) is 0 Å². The number of amides is 3. The van der Waals surface area contributed by atoms with E-state index in [-0.39, 0.29) is 18.5 Å². The van der Waals surface area contributed by atoms with Crippen LogP contribution in [-0.2, 0) is 11.3 Å². The zero-order valence-electron chi connectivity index (χ0n) is 14.2. The fraction of sp³-hybridized carbons (Fsp3) is 0.556. The molecule has 1 fully saturated rings. The lowest BCUT2D eigenvalue weighted by Gasteiger charge is -2.26. The van der Waals surface area contributed by atoms with Gasteiger partial charge in [0.25, 0.3) is 5.91 Å². The summed E-state index contributed by atoms with van der Waals surface area (Å²) in [6.07, 6.45) is 3.06. The fourth-order valence-corrected chi connectivity index (χ4v) is 3.24. The Balaban J connectivity index is 2.24. The van der Waals surface area contributed by atoms with Gasteiger partial charge in [0.15, 0.2) is 0 Å². The number of hydrogen-bond acceptors (Lipinski definition) is 3. The minimum absolute atomic E-state index is 0.113. The van der Waals surface area contributed by atoms with Gasteiger partial charge < -0.3 is 10.1 Å². The first kappa shape index (κ1) is 17.3. The van der Waals surface area contributed by atoms with Gasteiger partial charge in [0, 0.05) is 5.56 Å². The maximum absolute atomic E-state index is 12.9. The van der Waals surface area contributed by atoms with Crippen molar-refractivity contribution in [2.75, 3.05) is 6.61 Å². The van der Waals surface area contributed by atoms with Crippen molar-refractivity contribution in [1.29, 1.82) is 0 Å². The maximum Gasteiger partial charge on any atom is 0.325 e. The van der Waals surface area contributed by atoms with Crippen LogP contribution < -0.4 is 10.1 Å². The Morgan fingerprint density at radius 3 is 2.35 bits per heavy atom. The minimum atomic E-state index is -0.735. The van der Waals surface area contributed by atoms with Crippen molar-refractivity contribution in [2.45, 2.75) is 58.5 Å². The second-order valence-corrected chi connectivity index (χ2v) is 5.94. The molecule has 1 heterocycles. The standard InChI is InChI=1S/C18H26N2O3/c1-4-11-18(12-5-2)16(21)20(17(22)19-18)13-14-9-7-8-10-15(14)23-6-3/h7-10H,4-6,11-13H2,1-3H3,(H,19,22). The quantitative estimate of drug-likeness (QED) is 0.747. The largest absolute Gasteiger partial charge is 0.494 e. The van der Waals surface area contributed by atoms with E-state index in [1.807, 2.05) is 45.0 Å². The molecule has 0 aliphatic carbocycles. The zero-order valence-corrected chi connectivity index (χ0v) is 14.2. The molecule has 0 atom stereocenters. The van der Waals surface area contributed by atoms with Crippen molar-refractivity contribution in [3.05, 3.63) is 29.8 Å². The van der Waals surface area contributed by atoms with Gasteiger partial charge in [-0.15, -0.1) is 0 Å². The Hall–Kier alpha value is -2.04. The molecule has 1 N–H and O–H groups in total. The smallest absolute Gasteiger partial charge is 0.325 e. The molecule has 0 spiro atoms. The molecule has 5 nitrogen and oxygen atoms in total. The second kappa shape index (κ2) is 7.49.